The summed E-state index contributed by atoms with van der Waals surface area (Å²) in [5.41, 5.74) is 2.79. The number of rotatable bonds is 7. The van der Waals surface area contributed by atoms with Crippen molar-refractivity contribution in [1.29, 1.82) is 0 Å². The molecule has 1 unspecified atom stereocenters. The Morgan fingerprint density at radius 3 is 2.66 bits per heavy atom. The molecule has 0 aliphatic carbocycles. The number of hydrogen-bond donors (Lipinski definition) is 1. The zero-order chi connectivity index (χ0) is 24.4. The van der Waals surface area contributed by atoms with Crippen LogP contribution in [0.25, 0.3) is 10.9 Å². The fraction of sp³-hybridized carbons (Fsp3) is 0.407. The first kappa shape index (κ1) is 23.2. The molecule has 1 N–H and O–H groups in total. The number of carbonyl (C=O) groups is 2. The zero-order valence-electron chi connectivity index (χ0n) is 20.2. The SMILES string of the molecule is COC(=O)CC(=O)N1CCc2c([nH]c3ccc(OC)cc23)C12CCN(CCOc1ccccc1)C2. The number of aromatic amines is 1. The Kier molecular flexibility index (Phi) is 6.38. The minimum atomic E-state index is -0.530. The van der Waals surface area contributed by atoms with E-state index in [0.29, 0.717) is 26.1 Å². The lowest BCUT2D eigenvalue weighted by Gasteiger charge is -2.45. The summed E-state index contributed by atoms with van der Waals surface area (Å²) < 4.78 is 16.2. The van der Waals surface area contributed by atoms with E-state index < -0.39 is 11.5 Å². The number of nitrogens with one attached hydrogen (secondary N) is 1. The standard InChI is InChI=1S/C27H31N3O5/c1-33-20-8-9-23-22(16-20)21-10-12-30(24(31)17-25(32)34-2)27(26(21)28-23)11-13-29(18-27)14-15-35-19-6-4-3-5-7-19/h3-9,16,28H,10-15,17-18H2,1-2H3. The maximum atomic E-state index is 13.3. The Hall–Kier alpha value is -3.52. The smallest absolute Gasteiger partial charge is 0.315 e. The third kappa shape index (κ3) is 4.34. The predicted octanol–water partition coefficient (Wildman–Crippen LogP) is 3.10. The van der Waals surface area contributed by atoms with Crippen LogP contribution in [-0.4, -0.2) is 73.7 Å². The molecule has 0 bridgehead atoms. The van der Waals surface area contributed by atoms with Gasteiger partial charge in [-0.15, -0.1) is 0 Å². The number of likely N-dealkylation sites (tertiary alicyclic amines) is 1. The fourth-order valence-corrected chi connectivity index (χ4v) is 5.53. The fourth-order valence-electron chi connectivity index (χ4n) is 5.53. The molecule has 2 aliphatic heterocycles. The molecule has 3 aromatic rings. The van der Waals surface area contributed by atoms with Crippen LogP contribution in [0.2, 0.25) is 0 Å². The second kappa shape index (κ2) is 9.62. The summed E-state index contributed by atoms with van der Waals surface area (Å²) >= 11 is 0. The number of para-hydroxylation sites is 1. The number of H-pyrrole nitrogens is 1. The molecule has 0 saturated carbocycles. The minimum Gasteiger partial charge on any atom is -0.497 e. The number of carbonyl (C=O) groups excluding carboxylic acids is 2. The van der Waals surface area contributed by atoms with E-state index >= 15 is 0 Å². The summed E-state index contributed by atoms with van der Waals surface area (Å²) in [5, 5.41) is 1.13. The Balaban J connectivity index is 1.44. The third-order valence-electron chi connectivity index (χ3n) is 7.25. The first-order chi connectivity index (χ1) is 17.0. The van der Waals surface area contributed by atoms with Gasteiger partial charge in [0.1, 0.15) is 24.5 Å². The number of methoxy groups -OCH3 is 2. The van der Waals surface area contributed by atoms with Crippen molar-refractivity contribution in [3.05, 3.63) is 59.8 Å². The number of amides is 1. The molecular formula is C27H31N3O5. The summed E-state index contributed by atoms with van der Waals surface area (Å²) in [5.74, 6) is 0.953. The van der Waals surface area contributed by atoms with Gasteiger partial charge in [-0.3, -0.25) is 14.5 Å². The van der Waals surface area contributed by atoms with Gasteiger partial charge in [0, 0.05) is 42.8 Å². The number of aromatic nitrogens is 1. The molecule has 2 aromatic carbocycles. The third-order valence-corrected chi connectivity index (χ3v) is 7.25. The number of hydrogen-bond acceptors (Lipinski definition) is 6. The molecule has 1 saturated heterocycles. The lowest BCUT2D eigenvalue weighted by Crippen LogP contribution is -2.55. The van der Waals surface area contributed by atoms with E-state index in [4.69, 9.17) is 14.2 Å². The Bertz CT molecular complexity index is 1220. The van der Waals surface area contributed by atoms with Crippen molar-refractivity contribution in [2.24, 2.45) is 0 Å². The van der Waals surface area contributed by atoms with Crippen LogP contribution in [0.5, 0.6) is 11.5 Å². The van der Waals surface area contributed by atoms with Crippen LogP contribution in [-0.2, 0) is 26.3 Å². The zero-order valence-corrected chi connectivity index (χ0v) is 20.2. The van der Waals surface area contributed by atoms with E-state index in [2.05, 4.69) is 16.0 Å². The monoisotopic (exact) mass is 477 g/mol. The summed E-state index contributed by atoms with van der Waals surface area (Å²) in [6, 6.07) is 15.8. The summed E-state index contributed by atoms with van der Waals surface area (Å²) in [7, 11) is 2.98. The molecular weight excluding hydrogens is 446 g/mol. The number of ether oxygens (including phenoxy) is 3. The second-order valence-electron chi connectivity index (χ2n) is 9.16. The maximum Gasteiger partial charge on any atom is 0.315 e. The number of benzene rings is 2. The van der Waals surface area contributed by atoms with E-state index in [1.165, 1.54) is 12.7 Å². The highest BCUT2D eigenvalue weighted by molar-refractivity contribution is 5.95. The molecule has 1 aromatic heterocycles. The molecule has 1 fully saturated rings. The molecule has 0 radical (unpaired) electrons. The molecule has 8 nitrogen and oxygen atoms in total. The molecule has 1 atom stereocenters. The average molecular weight is 478 g/mol. The summed E-state index contributed by atoms with van der Waals surface area (Å²) in [6.07, 6.45) is 1.25. The highest BCUT2D eigenvalue weighted by Crippen LogP contribution is 2.45. The van der Waals surface area contributed by atoms with Gasteiger partial charge in [-0.2, -0.15) is 0 Å². The summed E-state index contributed by atoms with van der Waals surface area (Å²) in [6.45, 7) is 3.38. The van der Waals surface area contributed by atoms with E-state index in [1.807, 2.05) is 47.4 Å². The number of fused-ring (bicyclic) bond motifs is 4. The van der Waals surface area contributed by atoms with Gasteiger partial charge in [-0.05, 0) is 48.7 Å². The van der Waals surface area contributed by atoms with Gasteiger partial charge in [-0.1, -0.05) is 18.2 Å². The molecule has 35 heavy (non-hydrogen) atoms. The molecule has 8 heteroatoms. The van der Waals surface area contributed by atoms with Crippen LogP contribution in [0.4, 0.5) is 0 Å². The van der Waals surface area contributed by atoms with Gasteiger partial charge < -0.3 is 24.1 Å². The molecule has 1 spiro atoms. The van der Waals surface area contributed by atoms with Crippen molar-refractivity contribution >= 4 is 22.8 Å². The Morgan fingerprint density at radius 2 is 1.89 bits per heavy atom. The van der Waals surface area contributed by atoms with Crippen LogP contribution >= 0.6 is 0 Å². The van der Waals surface area contributed by atoms with E-state index in [0.717, 1.165) is 47.6 Å². The largest absolute Gasteiger partial charge is 0.497 e. The Morgan fingerprint density at radius 1 is 1.06 bits per heavy atom. The first-order valence-corrected chi connectivity index (χ1v) is 12.0. The summed E-state index contributed by atoms with van der Waals surface area (Å²) in [4.78, 5) is 33.1. The van der Waals surface area contributed by atoms with Crippen LogP contribution in [0.15, 0.2) is 48.5 Å². The lowest BCUT2D eigenvalue weighted by atomic mass is 9.83. The van der Waals surface area contributed by atoms with Crippen molar-refractivity contribution in [2.75, 3.05) is 47.0 Å². The second-order valence-corrected chi connectivity index (χ2v) is 9.16. The molecule has 2 aliphatic rings. The molecule has 184 valence electrons. The van der Waals surface area contributed by atoms with Crippen LogP contribution < -0.4 is 9.47 Å². The molecule has 3 heterocycles. The molecule has 5 rings (SSSR count). The van der Waals surface area contributed by atoms with E-state index in [1.54, 1.807) is 7.11 Å². The Labute approximate surface area is 204 Å². The van der Waals surface area contributed by atoms with Crippen molar-refractivity contribution in [1.82, 2.24) is 14.8 Å². The lowest BCUT2D eigenvalue weighted by molar-refractivity contribution is -0.150. The van der Waals surface area contributed by atoms with E-state index in [9.17, 15) is 9.59 Å². The van der Waals surface area contributed by atoms with Crippen molar-refractivity contribution in [3.63, 3.8) is 0 Å². The highest BCUT2D eigenvalue weighted by Gasteiger charge is 2.51. The van der Waals surface area contributed by atoms with Crippen LogP contribution in [0.1, 0.15) is 24.1 Å². The van der Waals surface area contributed by atoms with Gasteiger partial charge in [-0.25, -0.2) is 0 Å². The highest BCUT2D eigenvalue weighted by atomic mass is 16.5. The average Bonchev–Trinajstić information content (AvgIpc) is 3.47. The number of nitrogens with zero attached hydrogens (tertiary/aromatic N) is 2. The van der Waals surface area contributed by atoms with Crippen molar-refractivity contribution in [3.8, 4) is 11.5 Å². The van der Waals surface area contributed by atoms with Crippen LogP contribution in [0, 0.1) is 0 Å². The molecule has 1 amide bonds. The topological polar surface area (TPSA) is 84.1 Å². The number of esters is 1. The quantitative estimate of drug-likeness (QED) is 0.416. The van der Waals surface area contributed by atoms with Crippen LogP contribution in [0.3, 0.4) is 0 Å². The van der Waals surface area contributed by atoms with Crippen molar-refractivity contribution < 1.29 is 23.8 Å². The predicted molar refractivity (Wildman–Crippen MR) is 132 cm³/mol. The minimum absolute atomic E-state index is 0.193. The van der Waals surface area contributed by atoms with Gasteiger partial charge >= 0.3 is 5.97 Å². The van der Waals surface area contributed by atoms with Gasteiger partial charge in [0.05, 0.1) is 19.8 Å². The van der Waals surface area contributed by atoms with E-state index in [-0.39, 0.29) is 12.3 Å². The normalized spacial score (nSPS) is 19.7. The van der Waals surface area contributed by atoms with Gasteiger partial charge in [0.2, 0.25) is 5.91 Å². The van der Waals surface area contributed by atoms with Gasteiger partial charge in [0.25, 0.3) is 0 Å². The first-order valence-electron chi connectivity index (χ1n) is 12.0. The maximum absolute atomic E-state index is 13.3. The van der Waals surface area contributed by atoms with Crippen molar-refractivity contribution in [2.45, 2.75) is 24.8 Å². The van der Waals surface area contributed by atoms with Gasteiger partial charge in [0.15, 0.2) is 0 Å².